The Bertz CT molecular complexity index is 1290. The summed E-state index contributed by atoms with van der Waals surface area (Å²) in [6, 6.07) is 23.9. The Morgan fingerprint density at radius 1 is 0.878 bits per heavy atom. The number of aromatic nitrogens is 2. The van der Waals surface area contributed by atoms with Gasteiger partial charge < -0.3 is 26.4 Å². The molecule has 0 radical (unpaired) electrons. The van der Waals surface area contributed by atoms with E-state index in [0.29, 0.717) is 23.4 Å². The molecule has 41 heavy (non-hydrogen) atoms. The molecule has 1 aromatic heterocycles. The van der Waals surface area contributed by atoms with Crippen LogP contribution in [-0.4, -0.2) is 36.0 Å². The molecule has 4 rings (SSSR count). The average Bonchev–Trinajstić information content (AvgIpc) is 2.92. The highest BCUT2D eigenvalue weighted by molar-refractivity contribution is 7.79. The first-order chi connectivity index (χ1) is 19.5. The van der Waals surface area contributed by atoms with Gasteiger partial charge in [0.1, 0.15) is 0 Å². The number of nitrogens with two attached hydrogens (primary N) is 2. The first-order valence-electron chi connectivity index (χ1n) is 13.0. The second-order valence-electron chi connectivity index (χ2n) is 8.92. The maximum Gasteiger partial charge on any atom is 0.409 e. The number of rotatable bonds is 6. The third-order valence-electron chi connectivity index (χ3n) is 4.68. The van der Waals surface area contributed by atoms with E-state index in [1.54, 1.807) is 42.7 Å². The Kier molecular flexibility index (Phi) is 16.5. The maximum absolute atomic E-state index is 10.5. The number of hydrogen-bond donors (Lipinski definition) is 5. The molecule has 0 bridgehead atoms. The number of carbonyl (C=O) groups is 1. The largest absolute Gasteiger partial charge is 0.768 e. The Morgan fingerprint density at radius 2 is 1.34 bits per heavy atom. The quantitative estimate of drug-likeness (QED) is 0.132. The van der Waals surface area contributed by atoms with Crippen LogP contribution in [0.15, 0.2) is 96.2 Å². The average molecular weight is 580 g/mol. The molecule has 1 unspecified atom stereocenters. The van der Waals surface area contributed by atoms with E-state index < -0.39 is 17.2 Å². The highest BCUT2D eigenvalue weighted by Crippen LogP contribution is 2.16. The second kappa shape index (κ2) is 19.6. The fourth-order valence-corrected chi connectivity index (χ4v) is 3.37. The van der Waals surface area contributed by atoms with Crippen molar-refractivity contribution in [2.45, 2.75) is 51.5 Å². The van der Waals surface area contributed by atoms with Crippen molar-refractivity contribution in [2.24, 2.45) is 0 Å². The maximum atomic E-state index is 10.5. The molecule has 10 nitrogen and oxygen atoms in total. The van der Waals surface area contributed by atoms with E-state index in [2.05, 4.69) is 72.6 Å². The van der Waals surface area contributed by atoms with E-state index in [-0.39, 0.29) is 4.90 Å². The van der Waals surface area contributed by atoms with E-state index in [9.17, 15) is 13.6 Å². The third kappa shape index (κ3) is 16.3. The van der Waals surface area contributed by atoms with Crippen molar-refractivity contribution < 1.29 is 18.7 Å². The summed E-state index contributed by atoms with van der Waals surface area (Å²) < 4.78 is 20.5. The van der Waals surface area contributed by atoms with E-state index in [1.807, 2.05) is 12.1 Å². The molecule has 0 spiro atoms. The van der Waals surface area contributed by atoms with Gasteiger partial charge in [-0.1, -0.05) is 44.5 Å². The summed E-state index contributed by atoms with van der Waals surface area (Å²) in [4.78, 5) is 18.1. The normalized spacial score (nSPS) is 10.4. The number of benzene rings is 3. The van der Waals surface area contributed by atoms with Crippen LogP contribution in [0.25, 0.3) is 0 Å². The van der Waals surface area contributed by atoms with Crippen LogP contribution in [0.3, 0.4) is 0 Å². The molecule has 0 aliphatic carbocycles. The smallest absolute Gasteiger partial charge is 0.409 e. The van der Waals surface area contributed by atoms with Crippen molar-refractivity contribution >= 4 is 40.2 Å². The molecule has 0 saturated heterocycles. The highest BCUT2D eigenvalue weighted by Gasteiger charge is 2.01. The lowest BCUT2D eigenvalue weighted by atomic mass is 10.0. The van der Waals surface area contributed by atoms with Crippen LogP contribution in [0.5, 0.6) is 0 Å². The van der Waals surface area contributed by atoms with Crippen LogP contribution in [0.2, 0.25) is 0 Å². The fourth-order valence-electron chi connectivity index (χ4n) is 3.01. The zero-order chi connectivity index (χ0) is 30.6. The van der Waals surface area contributed by atoms with Crippen LogP contribution in [0, 0.1) is 0 Å². The van der Waals surface area contributed by atoms with Crippen molar-refractivity contribution in [3.8, 4) is 0 Å². The Hall–Kier alpha value is -4.48. The summed E-state index contributed by atoms with van der Waals surface area (Å²) >= 11 is -2.14. The Morgan fingerprint density at radius 3 is 1.71 bits per heavy atom. The summed E-state index contributed by atoms with van der Waals surface area (Å²) in [5, 5.41) is 14.3. The summed E-state index contributed by atoms with van der Waals surface area (Å²) in [5.74, 6) is 0.322. The molecule has 0 fully saturated rings. The number of amides is 1. The summed E-state index contributed by atoms with van der Waals surface area (Å²) in [7, 11) is 0. The minimum absolute atomic E-state index is 0.259. The molecule has 0 saturated carbocycles. The zero-order valence-corrected chi connectivity index (χ0v) is 24.6. The summed E-state index contributed by atoms with van der Waals surface area (Å²) in [5.41, 5.74) is 15.1. The molecule has 7 N–H and O–H groups in total. The van der Waals surface area contributed by atoms with Gasteiger partial charge in [0.15, 0.2) is 0 Å². The number of nitrogen functional groups attached to an aromatic ring is 2. The molecule has 1 atom stereocenters. The lowest BCUT2D eigenvalue weighted by Gasteiger charge is -2.10. The van der Waals surface area contributed by atoms with Crippen LogP contribution in [-0.2, 0) is 17.5 Å². The number of anilines is 4. The lowest BCUT2D eigenvalue weighted by molar-refractivity contribution is 0.209. The minimum atomic E-state index is -2.14. The monoisotopic (exact) mass is 579 g/mol. The van der Waals surface area contributed by atoms with Gasteiger partial charge in [0.25, 0.3) is 0 Å². The lowest BCUT2D eigenvalue weighted by Crippen LogP contribution is -2.09. The van der Waals surface area contributed by atoms with E-state index in [1.165, 1.54) is 24.1 Å². The van der Waals surface area contributed by atoms with Gasteiger partial charge in [-0.3, -0.25) is 9.53 Å². The molecular weight excluding hydrogens is 540 g/mol. The third-order valence-corrected chi connectivity index (χ3v) is 5.34. The van der Waals surface area contributed by atoms with Gasteiger partial charge in [-0.15, -0.1) is 0 Å². The molecule has 0 aliphatic rings. The van der Waals surface area contributed by atoms with E-state index >= 15 is 0 Å². The van der Waals surface area contributed by atoms with Crippen LogP contribution in [0.4, 0.5) is 27.8 Å². The number of nitrogens with zero attached hydrogens (tertiary/aromatic N) is 2. The van der Waals surface area contributed by atoms with Gasteiger partial charge in [0.2, 0.25) is 5.95 Å². The molecule has 4 aromatic rings. The Balaban J connectivity index is 0.000000345. The van der Waals surface area contributed by atoms with Crippen molar-refractivity contribution in [1.29, 1.82) is 0 Å². The molecule has 11 heteroatoms. The molecule has 3 aromatic carbocycles. The first-order valence-corrected chi connectivity index (χ1v) is 14.0. The fraction of sp³-hybridized carbons (Fsp3) is 0.233. The van der Waals surface area contributed by atoms with Crippen LogP contribution >= 0.6 is 0 Å². The van der Waals surface area contributed by atoms with E-state index in [0.717, 1.165) is 17.7 Å². The van der Waals surface area contributed by atoms with Crippen molar-refractivity contribution in [2.75, 3.05) is 22.1 Å². The van der Waals surface area contributed by atoms with Gasteiger partial charge >= 0.3 is 6.09 Å². The number of nitrogens with one attached hydrogen (secondary N) is 2. The molecule has 220 valence electrons. The predicted octanol–water partition coefficient (Wildman–Crippen LogP) is 6.17. The van der Waals surface area contributed by atoms with Crippen molar-refractivity contribution in [3.63, 3.8) is 0 Å². The standard InChI is InChI=1S/C17H20N2O2.C6H7NO2S.C4H5N3.C3H8/c1-12(2)18-15-7-3-13(4-8-15)11-14-5-9-16(10-6-14)19-17(20)21;7-5-1-3-6(4-2-5)10(8)9;5-4-6-2-1-3-7-4;1-3-2/h3-10,12,18-19H,11H2,1-2H3,(H,20,21);1-4H,7H2,(H,8,9);1-3H,(H2,5,6,7);3H2,1-2H3/p-1. The number of hydrogen-bond acceptors (Lipinski definition) is 8. The van der Waals surface area contributed by atoms with Gasteiger partial charge in [-0.25, -0.2) is 14.8 Å². The molecular formula is C30H39N6O4S-. The summed E-state index contributed by atoms with van der Waals surface area (Å²) in [6.45, 7) is 8.47. The predicted molar refractivity (Wildman–Crippen MR) is 167 cm³/mol. The van der Waals surface area contributed by atoms with Crippen molar-refractivity contribution in [1.82, 2.24) is 9.97 Å². The first kappa shape index (κ1) is 34.5. The molecule has 1 amide bonds. The molecule has 0 aliphatic heterocycles. The Labute approximate surface area is 244 Å². The van der Waals surface area contributed by atoms with Crippen molar-refractivity contribution in [3.05, 3.63) is 102 Å². The summed E-state index contributed by atoms with van der Waals surface area (Å²) in [6.07, 6.45) is 4.23. The van der Waals surface area contributed by atoms with E-state index in [4.69, 9.17) is 16.6 Å². The molecule has 1 heterocycles. The minimum Gasteiger partial charge on any atom is -0.768 e. The van der Waals surface area contributed by atoms with Gasteiger partial charge in [-0.05, 0) is 97.1 Å². The van der Waals surface area contributed by atoms with Crippen LogP contribution in [0.1, 0.15) is 45.2 Å². The number of carboxylic acid groups (broad SMARTS) is 1. The SMILES string of the molecule is CC(C)Nc1ccc(Cc2ccc(NC(=O)O)cc2)cc1.CCC.Nc1ccc(S(=O)[O-])cc1.Nc1ncccn1. The topological polar surface area (TPSA) is 179 Å². The van der Waals surface area contributed by atoms with Crippen LogP contribution < -0.4 is 22.1 Å². The zero-order valence-electron chi connectivity index (χ0n) is 23.8. The second-order valence-corrected chi connectivity index (χ2v) is 9.86. The van der Waals surface area contributed by atoms with Gasteiger partial charge in [0.05, 0.1) is 0 Å². The van der Waals surface area contributed by atoms with Gasteiger partial charge in [0, 0.05) is 40.4 Å². The highest BCUT2D eigenvalue weighted by atomic mass is 32.2. The van der Waals surface area contributed by atoms with Gasteiger partial charge in [-0.2, -0.15) is 0 Å².